The lowest BCUT2D eigenvalue weighted by molar-refractivity contribution is -0.146. The minimum Gasteiger partial charge on any atom is -0.396 e. The van der Waals surface area contributed by atoms with Crippen LogP contribution in [0.2, 0.25) is 23.7 Å². The van der Waals surface area contributed by atoms with Crippen molar-refractivity contribution in [2.24, 2.45) is 11.8 Å². The van der Waals surface area contributed by atoms with Crippen molar-refractivity contribution in [2.75, 3.05) is 29.9 Å². The molecule has 0 saturated carbocycles. The summed E-state index contributed by atoms with van der Waals surface area (Å²) in [5.41, 5.74) is 1.69. The minimum atomic E-state index is -3.34. The van der Waals surface area contributed by atoms with E-state index in [1.165, 1.54) is 0 Å². The molecule has 0 bridgehead atoms. The molecule has 2 aromatic carbocycles. The minimum absolute atomic E-state index is 0.0145. The SMILES string of the molecule is C[C@H]1[C@H]([Si](C)(C)F)[C@@H](CCn2cc(CCO)nn2)O[C@]12C(=O)N(Cc1cccc(NC(=O)C3CCCNC3)c1)c1ccc(Cl)cc12. The fourth-order valence-corrected chi connectivity index (χ4v) is 10.3. The van der Waals surface area contributed by atoms with Gasteiger partial charge in [0, 0.05) is 60.0 Å². The number of rotatable bonds is 10. The number of carbonyl (C=O) groups is 2. The number of benzene rings is 2. The van der Waals surface area contributed by atoms with Gasteiger partial charge in [-0.25, -0.2) is 0 Å². The van der Waals surface area contributed by atoms with Crippen LogP contribution in [0, 0.1) is 11.8 Å². The Hall–Kier alpha value is -3.16. The highest BCUT2D eigenvalue weighted by Crippen LogP contribution is 2.60. The lowest BCUT2D eigenvalue weighted by Gasteiger charge is -2.31. The van der Waals surface area contributed by atoms with E-state index in [1.807, 2.05) is 37.3 Å². The van der Waals surface area contributed by atoms with Crippen molar-refractivity contribution in [3.8, 4) is 0 Å². The predicted octanol–water partition coefficient (Wildman–Crippen LogP) is 4.82. The molecule has 5 atom stereocenters. The summed E-state index contributed by atoms with van der Waals surface area (Å²) >= 11 is 6.52. The fourth-order valence-electron chi connectivity index (χ4n) is 7.63. The van der Waals surface area contributed by atoms with Gasteiger partial charge in [-0.1, -0.05) is 35.9 Å². The van der Waals surface area contributed by atoms with Gasteiger partial charge in [-0.3, -0.25) is 14.3 Å². The van der Waals surface area contributed by atoms with Crippen molar-refractivity contribution < 1.29 is 23.5 Å². The summed E-state index contributed by atoms with van der Waals surface area (Å²) in [6, 6.07) is 12.9. The molecule has 46 heavy (non-hydrogen) atoms. The first-order valence-corrected chi connectivity index (χ1v) is 19.4. The van der Waals surface area contributed by atoms with Crippen LogP contribution in [0.1, 0.15) is 43.0 Å². The van der Waals surface area contributed by atoms with E-state index in [0.717, 1.165) is 24.9 Å². The van der Waals surface area contributed by atoms with Crippen molar-refractivity contribution in [2.45, 2.75) is 76.0 Å². The summed E-state index contributed by atoms with van der Waals surface area (Å²) in [4.78, 5) is 29.3. The van der Waals surface area contributed by atoms with Gasteiger partial charge in [-0.05, 0) is 74.8 Å². The number of fused-ring (bicyclic) bond motifs is 2. The van der Waals surface area contributed by atoms with Gasteiger partial charge in [0.2, 0.25) is 14.3 Å². The molecule has 1 unspecified atom stereocenters. The molecule has 2 saturated heterocycles. The second-order valence-corrected chi connectivity index (χ2v) is 17.5. The van der Waals surface area contributed by atoms with E-state index in [1.54, 1.807) is 41.0 Å². The molecule has 3 aliphatic heterocycles. The van der Waals surface area contributed by atoms with Crippen molar-refractivity contribution in [1.29, 1.82) is 0 Å². The smallest absolute Gasteiger partial charge is 0.264 e. The molecule has 10 nitrogen and oxygen atoms in total. The standard InChI is InChI=1S/C33H42ClFN6O4Si/c1-21-30(46(2,3)35)29(11-14-40-20-26(12-15-42)38-39-40)45-33(21)27-17-24(34)9-10-28(27)41(32(33)44)19-22-6-4-8-25(16-22)37-31(43)23-7-5-13-36-18-23/h4,6,8-10,16-17,20-21,23,29-30,36,42H,5,7,11-15,18-19H2,1-3H3,(H,37,43)/t21-,23?,29+,30-,33+/m0/s1. The highest BCUT2D eigenvalue weighted by molar-refractivity contribution is 6.72. The van der Waals surface area contributed by atoms with Crippen LogP contribution < -0.4 is 15.5 Å². The molecule has 1 aromatic heterocycles. The van der Waals surface area contributed by atoms with Crippen LogP contribution >= 0.6 is 11.6 Å². The first-order valence-electron chi connectivity index (χ1n) is 16.1. The number of anilines is 2. The molecule has 0 aliphatic carbocycles. The monoisotopic (exact) mass is 668 g/mol. The van der Waals surface area contributed by atoms with Gasteiger partial charge < -0.3 is 29.5 Å². The summed E-state index contributed by atoms with van der Waals surface area (Å²) < 4.78 is 24.7. The predicted molar refractivity (Wildman–Crippen MR) is 177 cm³/mol. The second-order valence-electron chi connectivity index (χ2n) is 13.3. The van der Waals surface area contributed by atoms with Gasteiger partial charge in [0.05, 0.1) is 29.9 Å². The van der Waals surface area contributed by atoms with Crippen LogP contribution in [-0.2, 0) is 39.4 Å². The number of hydrogen-bond donors (Lipinski definition) is 3. The Balaban J connectivity index is 1.27. The van der Waals surface area contributed by atoms with Crippen LogP contribution in [-0.4, -0.2) is 66.1 Å². The van der Waals surface area contributed by atoms with E-state index in [9.17, 15) is 14.7 Å². The van der Waals surface area contributed by atoms with E-state index in [0.29, 0.717) is 53.6 Å². The van der Waals surface area contributed by atoms with E-state index in [-0.39, 0.29) is 30.9 Å². The number of piperidine rings is 1. The average molecular weight is 669 g/mol. The second kappa shape index (κ2) is 13.2. The number of aryl methyl sites for hydroxylation is 1. The van der Waals surface area contributed by atoms with Gasteiger partial charge in [-0.2, -0.15) is 0 Å². The maximum absolute atomic E-state index is 16.2. The summed E-state index contributed by atoms with van der Waals surface area (Å²) in [5.74, 6) is -0.781. The molecule has 3 aliphatic rings. The third kappa shape index (κ3) is 6.25. The molecule has 3 aromatic rings. The number of aromatic nitrogens is 3. The first kappa shape index (κ1) is 32.8. The molecule has 0 radical (unpaired) electrons. The van der Waals surface area contributed by atoms with Gasteiger partial charge in [0.15, 0.2) is 5.60 Å². The Morgan fingerprint density at radius 2 is 2.11 bits per heavy atom. The third-order valence-electron chi connectivity index (χ3n) is 9.72. The zero-order chi connectivity index (χ0) is 32.6. The Morgan fingerprint density at radius 1 is 1.28 bits per heavy atom. The molecular formula is C33H42ClFN6O4Si. The molecule has 2 fully saturated rings. The largest absolute Gasteiger partial charge is 0.396 e. The molecule has 6 rings (SSSR count). The maximum Gasteiger partial charge on any atom is 0.264 e. The number of hydrogen-bond acceptors (Lipinski definition) is 7. The zero-order valence-corrected chi connectivity index (χ0v) is 28.3. The third-order valence-corrected chi connectivity index (χ3v) is 12.4. The highest BCUT2D eigenvalue weighted by Gasteiger charge is 2.66. The van der Waals surface area contributed by atoms with Gasteiger partial charge in [-0.15, -0.1) is 5.10 Å². The summed E-state index contributed by atoms with van der Waals surface area (Å²) in [7, 11) is -3.34. The Bertz CT molecular complexity index is 1590. The summed E-state index contributed by atoms with van der Waals surface area (Å²) in [6.45, 7) is 7.54. The Labute approximate surface area is 274 Å². The van der Waals surface area contributed by atoms with Crippen LogP contribution in [0.3, 0.4) is 0 Å². The van der Waals surface area contributed by atoms with Crippen molar-refractivity contribution in [3.05, 3.63) is 70.5 Å². The van der Waals surface area contributed by atoms with Crippen LogP contribution in [0.15, 0.2) is 48.7 Å². The average Bonchev–Trinajstić information content (AvgIpc) is 3.67. The van der Waals surface area contributed by atoms with Gasteiger partial charge in [0.1, 0.15) is 0 Å². The lowest BCUT2D eigenvalue weighted by Crippen LogP contribution is -2.45. The summed E-state index contributed by atoms with van der Waals surface area (Å²) in [6.07, 6.45) is 3.91. The van der Waals surface area contributed by atoms with Gasteiger partial charge >= 0.3 is 0 Å². The van der Waals surface area contributed by atoms with Crippen LogP contribution in [0.25, 0.3) is 0 Å². The van der Waals surface area contributed by atoms with Crippen molar-refractivity contribution in [1.82, 2.24) is 20.3 Å². The quantitative estimate of drug-likeness (QED) is 0.209. The summed E-state index contributed by atoms with van der Waals surface area (Å²) in [5, 5.41) is 24.3. The first-order chi connectivity index (χ1) is 22.0. The molecular weight excluding hydrogens is 627 g/mol. The number of aliphatic hydroxyl groups excluding tert-OH is 1. The lowest BCUT2D eigenvalue weighted by atomic mass is 9.82. The van der Waals surface area contributed by atoms with Gasteiger partial charge in [0.25, 0.3) is 5.91 Å². The number of amides is 2. The number of ether oxygens (including phenoxy) is 1. The molecule has 4 heterocycles. The van der Waals surface area contributed by atoms with E-state index in [4.69, 9.17) is 16.3 Å². The Kier molecular flexibility index (Phi) is 9.37. The normalized spacial score (nSPS) is 26.1. The topological polar surface area (TPSA) is 122 Å². The highest BCUT2D eigenvalue weighted by atomic mass is 35.5. The maximum atomic E-state index is 16.2. The number of carbonyl (C=O) groups excluding carboxylic acids is 2. The molecule has 1 spiro atoms. The van der Waals surface area contributed by atoms with Crippen molar-refractivity contribution >= 4 is 43.2 Å². The number of halogens is 2. The van der Waals surface area contributed by atoms with E-state index in [2.05, 4.69) is 20.9 Å². The van der Waals surface area contributed by atoms with E-state index >= 15 is 4.11 Å². The van der Waals surface area contributed by atoms with E-state index < -0.39 is 31.6 Å². The molecule has 246 valence electrons. The number of nitrogens with one attached hydrogen (secondary N) is 2. The van der Waals surface area contributed by atoms with Crippen molar-refractivity contribution in [3.63, 3.8) is 0 Å². The zero-order valence-electron chi connectivity index (χ0n) is 26.5. The molecule has 3 N–H and O–H groups in total. The molecule has 2 amide bonds. The van der Waals surface area contributed by atoms with Crippen LogP contribution in [0.5, 0.6) is 0 Å². The number of nitrogens with zero attached hydrogens (tertiary/aromatic N) is 4. The molecule has 13 heteroatoms. The Morgan fingerprint density at radius 3 is 2.85 bits per heavy atom. The fraction of sp³-hybridized carbons (Fsp3) is 0.515. The van der Waals surface area contributed by atoms with Crippen LogP contribution in [0.4, 0.5) is 15.5 Å². The number of aliphatic hydroxyl groups is 1.